The molecule has 0 radical (unpaired) electrons. The minimum Gasteiger partial charge on any atom is -0.497 e. The Kier molecular flexibility index (Phi) is 18.9. The molecule has 5 N–H and O–H groups in total. The first-order chi connectivity index (χ1) is 47.6. The zero-order chi connectivity index (χ0) is 69.5. The van der Waals surface area contributed by atoms with Gasteiger partial charge in [0.15, 0.2) is 0 Å². The van der Waals surface area contributed by atoms with Crippen LogP contribution in [0.1, 0.15) is 154 Å². The number of amides is 2. The minimum absolute atomic E-state index is 0. The summed E-state index contributed by atoms with van der Waals surface area (Å²) < 4.78 is 30.7. The van der Waals surface area contributed by atoms with E-state index < -0.39 is 74.5 Å². The minimum atomic E-state index is -1.72. The normalized spacial score (nSPS) is 35.1. The Labute approximate surface area is 596 Å². The maximum absolute atomic E-state index is 15.4. The molecular formula is C81H110N8O12. The summed E-state index contributed by atoms with van der Waals surface area (Å²) in [5, 5.41) is 34.2. The summed E-state index contributed by atoms with van der Waals surface area (Å²) in [5.74, 6) is -0.0467. The second-order valence-corrected chi connectivity index (χ2v) is 31.3. The van der Waals surface area contributed by atoms with Crippen molar-refractivity contribution in [2.45, 2.75) is 197 Å². The van der Waals surface area contributed by atoms with E-state index in [1.54, 1.807) is 14.2 Å². The summed E-state index contributed by atoms with van der Waals surface area (Å²) in [6.45, 7) is 15.0. The number of rotatable bonds is 15. The fraction of sp³-hybridized carbons (Fsp3) is 0.617. The van der Waals surface area contributed by atoms with Gasteiger partial charge >= 0.3 is 17.9 Å². The fourth-order valence-electron chi connectivity index (χ4n) is 22.7. The number of H-pyrrole nitrogens is 1. The van der Waals surface area contributed by atoms with E-state index in [9.17, 15) is 29.4 Å². The number of para-hydroxylation sites is 1. The Balaban J connectivity index is 0.000000200. The van der Waals surface area contributed by atoms with Gasteiger partial charge in [0, 0.05) is 152 Å². The monoisotopic (exact) mass is 1390 g/mol. The number of nitrogens with zero attached hydrogens (tertiary/aromatic N) is 5. The number of aromatic nitrogens is 1. The number of anilines is 2. The molecular weight excluding hydrogens is 1280 g/mol. The van der Waals surface area contributed by atoms with Crippen LogP contribution in [-0.4, -0.2) is 202 Å². The van der Waals surface area contributed by atoms with Crippen LogP contribution in [0.4, 0.5) is 11.4 Å². The molecule has 8 aliphatic heterocycles. The van der Waals surface area contributed by atoms with E-state index in [1.165, 1.54) is 32.1 Å². The molecule has 101 heavy (non-hydrogen) atoms. The van der Waals surface area contributed by atoms with E-state index in [-0.39, 0.29) is 75.6 Å². The lowest BCUT2D eigenvalue weighted by Crippen LogP contribution is -2.81. The predicted octanol–water partition coefficient (Wildman–Crippen LogP) is 9.20. The number of carbonyl (C=O) groups is 5. The molecule has 3 aromatic carbocycles. The highest BCUT2D eigenvalue weighted by Gasteiger charge is 2.80. The molecule has 15 atom stereocenters. The number of nitrogens with one attached hydrogen (secondary N) is 3. The topological polar surface area (TPSA) is 228 Å². The molecule has 12 aliphatic rings. The number of ether oxygens (including phenoxy) is 5. The molecule has 2 spiro atoms. The molecule has 9 heterocycles. The maximum atomic E-state index is 15.4. The summed E-state index contributed by atoms with van der Waals surface area (Å²) in [5.41, 5.74) is 2.13. The Morgan fingerprint density at radius 2 is 1.22 bits per heavy atom. The highest BCUT2D eigenvalue weighted by atomic mass is 16.6. The summed E-state index contributed by atoms with van der Waals surface area (Å²) in [6.07, 6.45) is 19.9. The lowest BCUT2D eigenvalue weighted by Gasteiger charge is -2.64. The number of aliphatic hydroxyl groups is 2. The van der Waals surface area contributed by atoms with E-state index in [0.29, 0.717) is 31.4 Å². The first-order valence-corrected chi connectivity index (χ1v) is 36.8. The van der Waals surface area contributed by atoms with Crippen LogP contribution < -0.4 is 29.9 Å². The standard InChI is InChI=1S/C50H63N5O7.C29H39N3O5.2CH4/c1-7-31-23-32-26-49(46(58)61-6,41-35(17-21-54(27-31)28-32)34-15-9-10-16-38(34)52-41)37-24-36-39(25-40(37)60-5)53(4)44-48(36)19-22-55-20-12-18-47(8-2,43(48)55)45(62-30(3)56)50(44,59)29-51-42(57)33-13-11-14-33;1-5-27-12-7-14-32-15-13-28(24(27)32)21-11-10-20(36-4)16-22(21)31(3)25(28)29(35,26(27)37-18(2)33)17-30-23(34)19-8-6-9-19;;/h9-10,12,15-16,18,23-25,32-33,43-45,52,59H,7-8,11,13-14,17,19-22,26-29H2,1-6H3,(H,51,57);7,10-12,16,19,24-26,35H,5-6,8-9,13-15,17H2,1-4H3,(H,30,34);2*1H4/t32-,43?,44+,45+,47+,48+,49-,50-;24?,25-,26-,27-,28-,29+;;/m01../s1. The molecule has 20 heteroatoms. The van der Waals surface area contributed by atoms with E-state index >= 15 is 4.79 Å². The van der Waals surface area contributed by atoms with Gasteiger partial charge in [0.05, 0.1) is 46.5 Å². The van der Waals surface area contributed by atoms with Crippen molar-refractivity contribution in [1.82, 2.24) is 30.3 Å². The zero-order valence-corrected chi connectivity index (χ0v) is 59.5. The maximum Gasteiger partial charge on any atom is 0.322 e. The van der Waals surface area contributed by atoms with Gasteiger partial charge in [0.25, 0.3) is 0 Å². The molecule has 2 bridgehead atoms. The average Bonchev–Trinajstić information content (AvgIpc) is 1.51. The van der Waals surface area contributed by atoms with Crippen molar-refractivity contribution in [3.8, 4) is 11.5 Å². The smallest absolute Gasteiger partial charge is 0.322 e. The summed E-state index contributed by atoms with van der Waals surface area (Å²) in [4.78, 5) is 83.7. The number of carbonyl (C=O) groups excluding carboxylic acids is 5. The van der Waals surface area contributed by atoms with Crippen LogP contribution >= 0.6 is 0 Å². The molecule has 6 fully saturated rings. The van der Waals surface area contributed by atoms with Crippen molar-refractivity contribution in [2.75, 3.05) is 104 Å². The number of aromatic amines is 1. The highest BCUT2D eigenvalue weighted by Crippen LogP contribution is 2.70. The lowest BCUT2D eigenvalue weighted by molar-refractivity contribution is -0.217. The van der Waals surface area contributed by atoms with Crippen molar-refractivity contribution >= 4 is 52.0 Å². The van der Waals surface area contributed by atoms with Crippen molar-refractivity contribution in [1.29, 1.82) is 0 Å². The van der Waals surface area contributed by atoms with Crippen LogP contribution in [0.15, 0.2) is 90.6 Å². The molecule has 20 nitrogen and oxygen atoms in total. The zero-order valence-electron chi connectivity index (χ0n) is 59.5. The lowest BCUT2D eigenvalue weighted by atomic mass is 9.47. The Morgan fingerprint density at radius 3 is 1.72 bits per heavy atom. The number of fused-ring (bicyclic) bond motifs is 7. The van der Waals surface area contributed by atoms with Gasteiger partial charge in [-0.15, -0.1) is 0 Å². The molecule has 3 unspecified atom stereocenters. The van der Waals surface area contributed by atoms with E-state index in [1.807, 2.05) is 32.3 Å². The highest BCUT2D eigenvalue weighted by molar-refractivity contribution is 5.94. The van der Waals surface area contributed by atoms with Crippen LogP contribution in [0, 0.1) is 28.6 Å². The Hall–Kier alpha value is -7.23. The molecule has 1 aromatic heterocycles. The third kappa shape index (κ3) is 10.3. The molecule has 2 saturated heterocycles. The second kappa shape index (κ2) is 26.5. The molecule has 546 valence electrons. The number of benzene rings is 3. The van der Waals surface area contributed by atoms with E-state index in [0.717, 1.165) is 154 Å². The van der Waals surface area contributed by atoms with Crippen molar-refractivity contribution in [2.24, 2.45) is 28.6 Å². The summed E-state index contributed by atoms with van der Waals surface area (Å²) in [6, 6.07) is 17.7. The number of esters is 3. The quantitative estimate of drug-likeness (QED) is 0.0424. The van der Waals surface area contributed by atoms with E-state index in [4.69, 9.17) is 23.7 Å². The van der Waals surface area contributed by atoms with E-state index in [2.05, 4.69) is 128 Å². The van der Waals surface area contributed by atoms with Crippen LogP contribution in [0.25, 0.3) is 10.9 Å². The van der Waals surface area contributed by atoms with Gasteiger partial charge in [-0.2, -0.15) is 0 Å². The van der Waals surface area contributed by atoms with Crippen molar-refractivity contribution in [3.05, 3.63) is 118 Å². The molecule has 4 aromatic rings. The summed E-state index contributed by atoms with van der Waals surface area (Å²) in [7, 11) is 8.86. The number of hydrogen-bond donors (Lipinski definition) is 5. The average molecular weight is 1390 g/mol. The van der Waals surface area contributed by atoms with Gasteiger partial charge in [-0.25, -0.2) is 0 Å². The van der Waals surface area contributed by atoms with Crippen molar-refractivity contribution < 1.29 is 57.9 Å². The molecule has 4 aliphatic carbocycles. The largest absolute Gasteiger partial charge is 0.497 e. The van der Waals surface area contributed by atoms with Crippen LogP contribution in [0.2, 0.25) is 0 Å². The van der Waals surface area contributed by atoms with Crippen LogP contribution in [0.5, 0.6) is 11.5 Å². The van der Waals surface area contributed by atoms with Gasteiger partial charge in [0.1, 0.15) is 40.3 Å². The number of likely N-dealkylation sites (N-methyl/N-ethyl adjacent to an activating group) is 2. The van der Waals surface area contributed by atoms with Crippen LogP contribution in [0.3, 0.4) is 0 Å². The van der Waals surface area contributed by atoms with Gasteiger partial charge < -0.3 is 59.3 Å². The van der Waals surface area contributed by atoms with Gasteiger partial charge in [0.2, 0.25) is 11.8 Å². The SMILES string of the molecule is C.C.CCC1=C[C@@H]2CN(CCc3c([nH]c4ccccc34)[C@@](C(=O)OC)(c3cc4c(cc3OC)N(C)[C@H]3[C@@](O)(CNC(=O)C5CCC5)[C@H](OC(C)=O)[C@]5(CC)C=CCN6CC[C@]43C65)C2)C1.CC[C@]12C=CCN3CC[C@@]4(c5ccc(OC)cc5N(C)[C@H]4[C@@](O)(CNC(=O)C4CCC4)[C@@H]1OC(C)=O)C32. The molecule has 4 saturated carbocycles. The number of hydrogen-bond acceptors (Lipinski definition) is 17. The Morgan fingerprint density at radius 1 is 0.663 bits per heavy atom. The first kappa shape index (κ1) is 72.1. The third-order valence-electron chi connectivity index (χ3n) is 26.9. The molecule has 2 amide bonds. The Bertz CT molecular complexity index is 4010. The third-order valence-corrected chi connectivity index (χ3v) is 26.9. The summed E-state index contributed by atoms with van der Waals surface area (Å²) >= 11 is 0. The van der Waals surface area contributed by atoms with Gasteiger partial charge in [-0.1, -0.05) is 109 Å². The molecule has 16 rings (SSSR count). The van der Waals surface area contributed by atoms with Crippen LogP contribution in [-0.2, 0) is 60.8 Å². The van der Waals surface area contributed by atoms with Gasteiger partial charge in [-0.3, -0.25) is 38.7 Å². The first-order valence-electron chi connectivity index (χ1n) is 36.8. The second-order valence-electron chi connectivity index (χ2n) is 31.3. The predicted molar refractivity (Wildman–Crippen MR) is 390 cm³/mol. The van der Waals surface area contributed by atoms with Crippen molar-refractivity contribution in [3.63, 3.8) is 0 Å². The fourth-order valence-corrected chi connectivity index (χ4v) is 22.7. The number of methoxy groups -OCH3 is 3. The van der Waals surface area contributed by atoms with Gasteiger partial charge in [-0.05, 0) is 125 Å².